The minimum atomic E-state index is -0.846. The Bertz CT molecular complexity index is 1590. The van der Waals surface area contributed by atoms with E-state index in [9.17, 15) is 4.21 Å². The fraction of sp³-hybridized carbons (Fsp3) is 0.406. The van der Waals surface area contributed by atoms with Crippen molar-refractivity contribution in [3.8, 4) is 11.1 Å². The first-order valence-electron chi connectivity index (χ1n) is 14.7. The Hall–Kier alpha value is -3.38. The van der Waals surface area contributed by atoms with Crippen LogP contribution in [0.4, 0.5) is 26.2 Å². The van der Waals surface area contributed by atoms with Crippen molar-refractivity contribution >= 4 is 39.3 Å². The Morgan fingerprint density at radius 3 is 2.42 bits per heavy atom. The maximum atomic E-state index is 15.2. The van der Waals surface area contributed by atoms with Crippen LogP contribution in [0.3, 0.4) is 0 Å². The van der Waals surface area contributed by atoms with Crippen LogP contribution in [0.15, 0.2) is 52.9 Å². The summed E-state index contributed by atoms with van der Waals surface area (Å²) in [6, 6.07) is 14.6. The number of hydrogen-bond acceptors (Lipinski definition) is 8. The first-order chi connectivity index (χ1) is 20.9. The van der Waals surface area contributed by atoms with Crippen molar-refractivity contribution in [2.24, 2.45) is 0 Å². The maximum Gasteiger partial charge on any atom is 0.300 e. The van der Waals surface area contributed by atoms with Crippen molar-refractivity contribution in [2.75, 3.05) is 81.3 Å². The molecule has 2 aliphatic heterocycles. The third kappa shape index (κ3) is 6.75. The number of piperazine rings is 1. The lowest BCUT2D eigenvalue weighted by Gasteiger charge is -2.36. The van der Waals surface area contributed by atoms with Gasteiger partial charge in [0.1, 0.15) is 17.2 Å². The van der Waals surface area contributed by atoms with E-state index in [0.29, 0.717) is 52.8 Å². The maximum absolute atomic E-state index is 15.2. The molecule has 228 valence electrons. The largest absolute Gasteiger partial charge is 0.423 e. The molecule has 1 aromatic heterocycles. The highest BCUT2D eigenvalue weighted by molar-refractivity contribution is 7.85. The van der Waals surface area contributed by atoms with Crippen LogP contribution >= 0.6 is 0 Å². The van der Waals surface area contributed by atoms with Gasteiger partial charge in [-0.15, -0.1) is 0 Å². The van der Waals surface area contributed by atoms with E-state index in [1.165, 1.54) is 17.8 Å². The van der Waals surface area contributed by atoms with Crippen molar-refractivity contribution in [2.45, 2.75) is 13.5 Å². The summed E-state index contributed by atoms with van der Waals surface area (Å²) in [6.45, 7) is 9.03. The number of halogens is 2. The molecule has 3 heterocycles. The van der Waals surface area contributed by atoms with E-state index < -0.39 is 22.4 Å². The normalized spacial score (nSPS) is 17.2. The van der Waals surface area contributed by atoms with Crippen molar-refractivity contribution < 1.29 is 22.1 Å². The lowest BCUT2D eigenvalue weighted by atomic mass is 10.0. The summed E-state index contributed by atoms with van der Waals surface area (Å²) in [5, 5.41) is 3.26. The molecule has 6 rings (SSSR count). The van der Waals surface area contributed by atoms with Crippen LogP contribution in [0.25, 0.3) is 22.2 Å². The highest BCUT2D eigenvalue weighted by Crippen LogP contribution is 2.34. The zero-order chi connectivity index (χ0) is 29.9. The van der Waals surface area contributed by atoms with Gasteiger partial charge in [0, 0.05) is 104 Å². The van der Waals surface area contributed by atoms with Crippen LogP contribution in [-0.2, 0) is 22.1 Å². The highest BCUT2D eigenvalue weighted by atomic mass is 32.2. The van der Waals surface area contributed by atoms with Crippen molar-refractivity contribution in [1.82, 2.24) is 14.8 Å². The quantitative estimate of drug-likeness (QED) is 0.279. The van der Waals surface area contributed by atoms with Gasteiger partial charge >= 0.3 is 0 Å². The number of hydrogen-bond donors (Lipinski definition) is 1. The lowest BCUT2D eigenvalue weighted by Crippen LogP contribution is -2.47. The molecule has 2 saturated heterocycles. The number of nitrogens with one attached hydrogen (secondary N) is 1. The molecule has 0 spiro atoms. The van der Waals surface area contributed by atoms with E-state index in [-0.39, 0.29) is 12.1 Å². The Morgan fingerprint density at radius 2 is 1.72 bits per heavy atom. The Morgan fingerprint density at radius 1 is 0.977 bits per heavy atom. The fourth-order valence-corrected chi connectivity index (χ4v) is 6.97. The van der Waals surface area contributed by atoms with Crippen LogP contribution in [0.5, 0.6) is 0 Å². The van der Waals surface area contributed by atoms with Gasteiger partial charge in [-0.1, -0.05) is 12.1 Å². The molecule has 43 heavy (non-hydrogen) atoms. The number of para-hydroxylation sites is 1. The van der Waals surface area contributed by atoms with Crippen LogP contribution in [0.2, 0.25) is 0 Å². The predicted molar refractivity (Wildman–Crippen MR) is 168 cm³/mol. The number of ether oxygens (including phenoxy) is 1. The van der Waals surface area contributed by atoms with Gasteiger partial charge in [0.15, 0.2) is 5.58 Å². The van der Waals surface area contributed by atoms with Gasteiger partial charge < -0.3 is 19.4 Å². The Balaban J connectivity index is 1.17. The summed E-state index contributed by atoms with van der Waals surface area (Å²) in [7, 11) is 0.890. The monoisotopic (exact) mass is 609 g/mol. The second kappa shape index (κ2) is 13.1. The number of aromatic nitrogens is 1. The second-order valence-electron chi connectivity index (χ2n) is 11.2. The molecule has 0 bridgehead atoms. The van der Waals surface area contributed by atoms with Gasteiger partial charge in [-0.3, -0.25) is 14.0 Å². The number of methoxy groups -OCH3 is 1. The number of rotatable bonds is 9. The molecule has 1 N–H and O–H groups in total. The van der Waals surface area contributed by atoms with Crippen LogP contribution in [0.1, 0.15) is 11.1 Å². The smallest absolute Gasteiger partial charge is 0.300 e. The molecule has 0 saturated carbocycles. The summed E-state index contributed by atoms with van der Waals surface area (Å²) in [6.07, 6.45) is 0. The average Bonchev–Trinajstić information content (AvgIpc) is 3.42. The van der Waals surface area contributed by atoms with Crippen LogP contribution < -0.4 is 10.2 Å². The van der Waals surface area contributed by atoms with Gasteiger partial charge in [0.05, 0.1) is 6.61 Å². The van der Waals surface area contributed by atoms with Crippen molar-refractivity contribution in [1.29, 1.82) is 0 Å². The zero-order valence-electron chi connectivity index (χ0n) is 24.6. The third-order valence-corrected chi connectivity index (χ3v) is 9.57. The number of nitrogens with zero attached hydrogens (tertiary/aromatic N) is 4. The number of oxazole rings is 1. The molecule has 8 nitrogen and oxygen atoms in total. The van der Waals surface area contributed by atoms with Gasteiger partial charge in [0.25, 0.3) is 6.01 Å². The molecular formula is C32H37F2N5O3S. The lowest BCUT2D eigenvalue weighted by molar-refractivity contribution is 0.144. The Kier molecular flexibility index (Phi) is 9.03. The number of anilines is 3. The molecular weight excluding hydrogens is 572 g/mol. The van der Waals surface area contributed by atoms with E-state index in [1.807, 2.05) is 17.0 Å². The summed E-state index contributed by atoms with van der Waals surface area (Å²) in [5.74, 6) is -0.156. The molecule has 4 aromatic rings. The molecule has 3 aromatic carbocycles. The van der Waals surface area contributed by atoms with Gasteiger partial charge in [-0.05, 0) is 54.4 Å². The SMILES string of the molecule is COCCN1CCN(c2ccc(Nc3nc4cccc(-c5cc(F)c(CN6CCS(=O)CC6)c(F)c5)c4o3)cc2C)CC1. The third-order valence-electron chi connectivity index (χ3n) is 8.29. The molecule has 2 aliphatic rings. The van der Waals surface area contributed by atoms with E-state index in [4.69, 9.17) is 9.15 Å². The molecule has 0 aliphatic carbocycles. The molecule has 0 atom stereocenters. The molecule has 2 fully saturated rings. The molecule has 11 heteroatoms. The first kappa shape index (κ1) is 29.7. The van der Waals surface area contributed by atoms with E-state index >= 15 is 8.78 Å². The number of benzene rings is 3. The fourth-order valence-electron chi connectivity index (χ4n) is 5.84. The average molecular weight is 610 g/mol. The second-order valence-corrected chi connectivity index (χ2v) is 12.9. The predicted octanol–water partition coefficient (Wildman–Crippen LogP) is 5.16. The first-order valence-corrected chi connectivity index (χ1v) is 16.2. The van der Waals surface area contributed by atoms with E-state index in [0.717, 1.165) is 50.6 Å². The van der Waals surface area contributed by atoms with E-state index in [1.54, 1.807) is 19.2 Å². The number of fused-ring (bicyclic) bond motifs is 1. The summed E-state index contributed by atoms with van der Waals surface area (Å²) in [4.78, 5) is 11.4. The Labute approximate surface area is 253 Å². The standard InChI is InChI=1S/C32H37F2N5O3S/c1-22-18-24(6-7-30(22)39-10-8-37(9-11-39)12-15-41-2)35-32-36-29-5-3-4-25(31(29)42-32)23-19-27(33)26(28(34)20-23)21-38-13-16-43(40)17-14-38/h3-7,18-20H,8-17,21H2,1-2H3,(H,35,36). The number of aryl methyl sites for hydroxylation is 1. The van der Waals surface area contributed by atoms with Crippen LogP contribution in [0, 0.1) is 18.6 Å². The summed E-state index contributed by atoms with van der Waals surface area (Å²) in [5.41, 5.74) is 5.21. The van der Waals surface area contributed by atoms with Crippen LogP contribution in [-0.4, -0.2) is 90.0 Å². The molecule has 0 amide bonds. The molecule has 0 radical (unpaired) electrons. The van der Waals surface area contributed by atoms with Crippen molar-refractivity contribution in [3.05, 3.63) is 71.3 Å². The zero-order valence-corrected chi connectivity index (χ0v) is 25.4. The minimum absolute atomic E-state index is 0.0234. The van der Waals surface area contributed by atoms with Gasteiger partial charge in [-0.25, -0.2) is 8.78 Å². The van der Waals surface area contributed by atoms with E-state index in [2.05, 4.69) is 39.2 Å². The molecule has 0 unspecified atom stereocenters. The van der Waals surface area contributed by atoms with Gasteiger partial charge in [-0.2, -0.15) is 4.98 Å². The minimum Gasteiger partial charge on any atom is -0.423 e. The summed E-state index contributed by atoms with van der Waals surface area (Å²) < 4.78 is 53.3. The topological polar surface area (TPSA) is 74.1 Å². The van der Waals surface area contributed by atoms with Crippen molar-refractivity contribution in [3.63, 3.8) is 0 Å². The van der Waals surface area contributed by atoms with Gasteiger partial charge in [0.2, 0.25) is 0 Å². The highest BCUT2D eigenvalue weighted by Gasteiger charge is 2.22. The summed E-state index contributed by atoms with van der Waals surface area (Å²) >= 11 is 0.